The lowest BCUT2D eigenvalue weighted by atomic mass is 10.1. The predicted molar refractivity (Wildman–Crippen MR) is 150 cm³/mol. The Kier molecular flexibility index (Phi) is 7.78. The molecule has 1 saturated heterocycles. The molecule has 3 heterocycles. The second-order valence-electron chi connectivity index (χ2n) is 10.9. The summed E-state index contributed by atoms with van der Waals surface area (Å²) in [7, 11) is 0. The van der Waals surface area contributed by atoms with Crippen molar-refractivity contribution in [2.75, 3.05) is 30.3 Å². The van der Waals surface area contributed by atoms with E-state index in [0.717, 1.165) is 25.0 Å². The molecule has 0 bridgehead atoms. The van der Waals surface area contributed by atoms with Gasteiger partial charge in [-0.2, -0.15) is 13.2 Å². The van der Waals surface area contributed by atoms with Gasteiger partial charge in [-0.05, 0) is 73.4 Å². The van der Waals surface area contributed by atoms with Gasteiger partial charge in [-0.25, -0.2) is 9.37 Å². The molecule has 2 N–H and O–H groups in total. The number of rotatable bonds is 8. The van der Waals surface area contributed by atoms with E-state index in [1.54, 1.807) is 41.3 Å². The number of anilines is 2. The zero-order valence-electron chi connectivity index (χ0n) is 22.9. The molecule has 3 aromatic rings. The maximum absolute atomic E-state index is 13.6. The number of carbonyl (C=O) groups is 2. The summed E-state index contributed by atoms with van der Waals surface area (Å²) in [6, 6.07) is 11.7. The minimum absolute atomic E-state index is 0.0168. The summed E-state index contributed by atoms with van der Waals surface area (Å²) in [6.07, 6.45) is -0.433. The van der Waals surface area contributed by atoms with Gasteiger partial charge < -0.3 is 20.1 Å². The molecule has 0 unspecified atom stereocenters. The molecule has 2 fully saturated rings. The molecule has 8 nitrogen and oxygen atoms in total. The first-order valence-corrected chi connectivity index (χ1v) is 13.9. The number of ether oxygens (including phenoxy) is 2. The molecule has 1 atom stereocenters. The lowest BCUT2D eigenvalue weighted by Gasteiger charge is -2.20. The number of nitrogens with one attached hydrogen (secondary N) is 2. The number of hydrogen-bond donors (Lipinski definition) is 2. The van der Waals surface area contributed by atoms with Gasteiger partial charge in [-0.3, -0.25) is 14.5 Å². The van der Waals surface area contributed by atoms with Crippen molar-refractivity contribution in [2.24, 2.45) is 5.92 Å². The molecule has 43 heavy (non-hydrogen) atoms. The normalized spacial score (nSPS) is 18.3. The molecule has 0 spiro atoms. The molecule has 224 valence electrons. The zero-order valence-corrected chi connectivity index (χ0v) is 22.9. The molecular weight excluding hydrogens is 568 g/mol. The minimum atomic E-state index is -4.62. The van der Waals surface area contributed by atoms with Crippen LogP contribution in [-0.4, -0.2) is 47.6 Å². The summed E-state index contributed by atoms with van der Waals surface area (Å²) in [6.45, 7) is 0.673. The molecule has 2 aliphatic heterocycles. The SMILES string of the molecule is O=C(Nc1cc(CN2CC[C@H](F)C2)cc(C(F)(F)F)c1)C1=Cc2cc(Oc3ccnc(NC(=O)C4CC4)c3)ccc2OC1. The van der Waals surface area contributed by atoms with Gasteiger partial charge in [0, 0.05) is 49.1 Å². The summed E-state index contributed by atoms with van der Waals surface area (Å²) in [5.41, 5.74) is 0.161. The van der Waals surface area contributed by atoms with Crippen LogP contribution in [0.3, 0.4) is 0 Å². The molecule has 12 heteroatoms. The van der Waals surface area contributed by atoms with Gasteiger partial charge in [-0.15, -0.1) is 0 Å². The number of nitrogens with zero attached hydrogens (tertiary/aromatic N) is 2. The van der Waals surface area contributed by atoms with Crippen LogP contribution in [0.15, 0.2) is 60.3 Å². The van der Waals surface area contributed by atoms with Crippen molar-refractivity contribution in [2.45, 2.75) is 38.2 Å². The van der Waals surface area contributed by atoms with Gasteiger partial charge >= 0.3 is 6.18 Å². The molecule has 1 aliphatic carbocycles. The molecule has 2 aromatic carbocycles. The summed E-state index contributed by atoms with van der Waals surface area (Å²) >= 11 is 0. The fraction of sp³-hybridized carbons (Fsp3) is 0.323. The van der Waals surface area contributed by atoms with Gasteiger partial charge in [0.2, 0.25) is 5.91 Å². The van der Waals surface area contributed by atoms with Crippen LogP contribution in [0.25, 0.3) is 6.08 Å². The van der Waals surface area contributed by atoms with E-state index in [1.165, 1.54) is 12.3 Å². The Balaban J connectivity index is 1.17. The Morgan fingerprint density at radius 2 is 1.84 bits per heavy atom. The van der Waals surface area contributed by atoms with Crippen molar-refractivity contribution >= 4 is 29.4 Å². The average Bonchev–Trinajstić information content (AvgIpc) is 3.74. The Bertz CT molecular complexity index is 1590. The Hall–Kier alpha value is -4.45. The van der Waals surface area contributed by atoms with E-state index in [2.05, 4.69) is 15.6 Å². The highest BCUT2D eigenvalue weighted by molar-refractivity contribution is 6.07. The molecular formula is C31H28F4N4O4. The number of alkyl halides is 4. The maximum atomic E-state index is 13.6. The van der Waals surface area contributed by atoms with E-state index >= 15 is 0 Å². The Morgan fingerprint density at radius 1 is 1.02 bits per heavy atom. The van der Waals surface area contributed by atoms with Crippen molar-refractivity contribution < 1.29 is 36.6 Å². The predicted octanol–water partition coefficient (Wildman–Crippen LogP) is 6.20. The summed E-state index contributed by atoms with van der Waals surface area (Å²) in [5.74, 6) is 1.10. The lowest BCUT2D eigenvalue weighted by Crippen LogP contribution is -2.23. The second-order valence-corrected chi connectivity index (χ2v) is 10.9. The van der Waals surface area contributed by atoms with E-state index < -0.39 is 23.8 Å². The van der Waals surface area contributed by atoms with Crippen LogP contribution in [0.4, 0.5) is 29.1 Å². The number of hydrogen-bond acceptors (Lipinski definition) is 6. The first kappa shape index (κ1) is 28.7. The molecule has 3 aliphatic rings. The number of aromatic nitrogens is 1. The molecule has 1 aromatic heterocycles. The average molecular weight is 597 g/mol. The van der Waals surface area contributed by atoms with E-state index in [0.29, 0.717) is 47.2 Å². The van der Waals surface area contributed by atoms with Crippen molar-refractivity contribution in [3.8, 4) is 17.2 Å². The quantitative estimate of drug-likeness (QED) is 0.301. The highest BCUT2D eigenvalue weighted by atomic mass is 19.4. The lowest BCUT2D eigenvalue weighted by molar-refractivity contribution is -0.137. The first-order valence-electron chi connectivity index (χ1n) is 13.9. The van der Waals surface area contributed by atoms with E-state index in [9.17, 15) is 27.2 Å². The second kappa shape index (κ2) is 11.7. The standard InChI is InChI=1S/C31H28F4N4O4/c32-23-6-8-39(16-23)15-18-9-22(31(33,34)35)13-24(10-18)37-30(41)21-11-20-12-25(3-4-27(20)42-17-21)43-26-5-7-36-28(14-26)38-29(40)19-1-2-19/h3-5,7,9-14,19,23H,1-2,6,8,15-17H2,(H,37,41)(H,36,38,40)/t23-/m0/s1. The fourth-order valence-corrected chi connectivity index (χ4v) is 5.02. The largest absolute Gasteiger partial charge is 0.488 e. The van der Waals surface area contributed by atoms with Gasteiger partial charge in [0.1, 0.15) is 35.8 Å². The number of pyridine rings is 1. The molecule has 2 amide bonds. The van der Waals surface area contributed by atoms with Crippen LogP contribution >= 0.6 is 0 Å². The van der Waals surface area contributed by atoms with Gasteiger partial charge in [-0.1, -0.05) is 0 Å². The van der Waals surface area contributed by atoms with Crippen LogP contribution in [0, 0.1) is 5.92 Å². The highest BCUT2D eigenvalue weighted by Gasteiger charge is 2.32. The third-order valence-corrected chi connectivity index (χ3v) is 7.35. The van der Waals surface area contributed by atoms with E-state index in [1.807, 2.05) is 0 Å². The number of carbonyl (C=O) groups excluding carboxylic acids is 2. The van der Waals surface area contributed by atoms with Crippen LogP contribution < -0.4 is 20.1 Å². The minimum Gasteiger partial charge on any atom is -0.488 e. The number of amides is 2. The van der Waals surface area contributed by atoms with Gasteiger partial charge in [0.15, 0.2) is 0 Å². The smallest absolute Gasteiger partial charge is 0.416 e. The monoisotopic (exact) mass is 596 g/mol. The summed E-state index contributed by atoms with van der Waals surface area (Å²) in [5, 5.41) is 5.33. The van der Waals surface area contributed by atoms with Crippen molar-refractivity contribution in [1.29, 1.82) is 0 Å². The van der Waals surface area contributed by atoms with Crippen LogP contribution in [0.5, 0.6) is 17.2 Å². The number of likely N-dealkylation sites (tertiary alicyclic amines) is 1. The Labute approximate surface area is 244 Å². The van der Waals surface area contributed by atoms with Crippen LogP contribution in [0.1, 0.15) is 36.0 Å². The number of fused-ring (bicyclic) bond motifs is 1. The third-order valence-electron chi connectivity index (χ3n) is 7.35. The zero-order chi connectivity index (χ0) is 30.1. The van der Waals surface area contributed by atoms with Gasteiger partial charge in [0.25, 0.3) is 5.91 Å². The van der Waals surface area contributed by atoms with Crippen LogP contribution in [0.2, 0.25) is 0 Å². The molecule has 0 radical (unpaired) electrons. The molecule has 6 rings (SSSR count). The molecule has 1 saturated carbocycles. The van der Waals surface area contributed by atoms with Crippen molar-refractivity contribution in [3.63, 3.8) is 0 Å². The van der Waals surface area contributed by atoms with Crippen LogP contribution in [-0.2, 0) is 22.3 Å². The maximum Gasteiger partial charge on any atom is 0.416 e. The number of benzene rings is 2. The first-order chi connectivity index (χ1) is 20.6. The number of halogens is 4. The highest BCUT2D eigenvalue weighted by Crippen LogP contribution is 2.35. The van der Waals surface area contributed by atoms with E-state index in [-0.39, 0.29) is 42.8 Å². The van der Waals surface area contributed by atoms with E-state index in [4.69, 9.17) is 9.47 Å². The van der Waals surface area contributed by atoms with Gasteiger partial charge in [0.05, 0.1) is 11.1 Å². The topological polar surface area (TPSA) is 92.8 Å². The third kappa shape index (κ3) is 7.14. The van der Waals surface area contributed by atoms with Crippen molar-refractivity contribution in [1.82, 2.24) is 9.88 Å². The Morgan fingerprint density at radius 3 is 2.58 bits per heavy atom. The summed E-state index contributed by atoms with van der Waals surface area (Å²) in [4.78, 5) is 31.1. The van der Waals surface area contributed by atoms with Crippen molar-refractivity contribution in [3.05, 3.63) is 77.0 Å². The summed E-state index contributed by atoms with van der Waals surface area (Å²) < 4.78 is 66.2. The fourth-order valence-electron chi connectivity index (χ4n) is 5.02.